The van der Waals surface area contributed by atoms with Crippen molar-refractivity contribution in [1.29, 1.82) is 0 Å². The molecule has 1 amide bonds. The number of benzene rings is 2. The molecule has 6 nitrogen and oxygen atoms in total. The average Bonchev–Trinajstić information content (AvgIpc) is 2.68. The quantitative estimate of drug-likeness (QED) is 0.577. The van der Waals surface area contributed by atoms with Gasteiger partial charge in [-0.15, -0.1) is 0 Å². The summed E-state index contributed by atoms with van der Waals surface area (Å²) in [5.74, 6) is -2.43. The monoisotopic (exact) mass is 455 g/mol. The molecule has 0 spiro atoms. The van der Waals surface area contributed by atoms with Crippen LogP contribution in [-0.4, -0.2) is 15.5 Å². The molecule has 33 heavy (non-hydrogen) atoms. The molecule has 0 saturated heterocycles. The van der Waals surface area contributed by atoms with Gasteiger partial charge in [0.2, 0.25) is 0 Å². The second-order valence-corrected chi connectivity index (χ2v) is 8.99. The van der Waals surface area contributed by atoms with Crippen LogP contribution in [0.25, 0.3) is 16.6 Å². The van der Waals surface area contributed by atoms with Crippen molar-refractivity contribution in [2.75, 3.05) is 0 Å². The van der Waals surface area contributed by atoms with Gasteiger partial charge in [-0.2, -0.15) is 0 Å². The van der Waals surface area contributed by atoms with Gasteiger partial charge in [0.05, 0.1) is 16.9 Å². The number of amides is 1. The van der Waals surface area contributed by atoms with E-state index in [1.54, 1.807) is 6.08 Å². The third kappa shape index (κ3) is 3.57. The predicted octanol–water partition coefficient (Wildman–Crippen LogP) is 3.63. The Kier molecular flexibility index (Phi) is 4.81. The number of H-pyrrole nitrogens is 1. The number of carbonyl (C=O) groups excluding carboxylic acids is 1. The van der Waals surface area contributed by atoms with Gasteiger partial charge in [0.1, 0.15) is 23.1 Å². The lowest BCUT2D eigenvalue weighted by atomic mass is 9.44. The molecule has 1 heterocycles. The Morgan fingerprint density at radius 1 is 1.12 bits per heavy atom. The van der Waals surface area contributed by atoms with Gasteiger partial charge in [-0.1, -0.05) is 6.07 Å². The first-order chi connectivity index (χ1) is 15.7. The summed E-state index contributed by atoms with van der Waals surface area (Å²) in [5.41, 5.74) is -1.94. The van der Waals surface area contributed by atoms with E-state index in [4.69, 9.17) is 0 Å². The molecule has 2 bridgehead atoms. The Balaban J connectivity index is 1.58. The molecule has 170 valence electrons. The number of aromatic amines is 1. The van der Waals surface area contributed by atoms with Crippen LogP contribution in [0.15, 0.2) is 52.1 Å². The van der Waals surface area contributed by atoms with E-state index >= 15 is 0 Å². The third-order valence-electron chi connectivity index (χ3n) is 6.64. The van der Waals surface area contributed by atoms with E-state index in [9.17, 15) is 27.6 Å². The number of nitrogens with one attached hydrogen (secondary N) is 2. The van der Waals surface area contributed by atoms with E-state index in [2.05, 4.69) is 10.3 Å². The predicted molar refractivity (Wildman–Crippen MR) is 116 cm³/mol. The molecule has 2 aromatic carbocycles. The van der Waals surface area contributed by atoms with Gasteiger partial charge in [0.15, 0.2) is 0 Å². The lowest BCUT2D eigenvalue weighted by Crippen LogP contribution is -2.51. The van der Waals surface area contributed by atoms with Crippen molar-refractivity contribution in [1.82, 2.24) is 14.9 Å². The normalized spacial score (nSPS) is 22.4. The van der Waals surface area contributed by atoms with Crippen molar-refractivity contribution in [3.63, 3.8) is 0 Å². The second kappa shape index (κ2) is 7.47. The zero-order chi connectivity index (χ0) is 23.5. The fourth-order valence-electron chi connectivity index (χ4n) is 4.85. The van der Waals surface area contributed by atoms with Crippen molar-refractivity contribution in [2.24, 2.45) is 11.3 Å². The van der Waals surface area contributed by atoms with Crippen LogP contribution in [0.1, 0.15) is 37.8 Å². The number of nitrogens with zero attached hydrogens (tertiary/aromatic N) is 1. The topological polar surface area (TPSA) is 84.0 Å². The van der Waals surface area contributed by atoms with Crippen LogP contribution >= 0.6 is 0 Å². The molecule has 3 aliphatic rings. The summed E-state index contributed by atoms with van der Waals surface area (Å²) < 4.78 is 41.9. The highest BCUT2D eigenvalue weighted by atomic mass is 19.1. The van der Waals surface area contributed by atoms with E-state index in [1.165, 1.54) is 19.1 Å². The minimum absolute atomic E-state index is 0.0523. The maximum atomic E-state index is 14.2. The van der Waals surface area contributed by atoms with Gasteiger partial charge in [-0.05, 0) is 67.9 Å². The first kappa shape index (κ1) is 21.2. The number of aromatic nitrogens is 2. The van der Waals surface area contributed by atoms with Crippen molar-refractivity contribution in [2.45, 2.75) is 32.2 Å². The lowest BCUT2D eigenvalue weighted by Gasteiger charge is -2.60. The van der Waals surface area contributed by atoms with Gasteiger partial charge >= 0.3 is 5.69 Å². The summed E-state index contributed by atoms with van der Waals surface area (Å²) in [4.78, 5) is 41.8. The SMILES string of the molecule is C[C@@H](NC(=O)C(=CC12CC(C1)C2)n1c(=O)[nH]c2ccc(F)cc2c1=O)c1ccc(F)cc1F. The van der Waals surface area contributed by atoms with Crippen LogP contribution in [0.4, 0.5) is 13.2 Å². The van der Waals surface area contributed by atoms with Crippen LogP contribution in [0.2, 0.25) is 0 Å². The van der Waals surface area contributed by atoms with E-state index in [1.807, 2.05) is 0 Å². The largest absolute Gasteiger partial charge is 0.344 e. The molecule has 3 saturated carbocycles. The standard InChI is InChI=1S/C24H20F3N3O3/c1-12(16-4-2-15(26)7-18(16)27)28-21(31)20(11-24-8-13(9-24)10-24)30-22(32)17-6-14(25)3-5-19(17)29-23(30)33/h2-7,11-13H,8-10H2,1H3,(H,28,31)(H,29,33)/t12-,13?,24?/m1/s1. The molecule has 0 unspecified atom stereocenters. The zero-order valence-corrected chi connectivity index (χ0v) is 17.6. The van der Waals surface area contributed by atoms with Crippen LogP contribution in [0, 0.1) is 28.8 Å². The number of hydrogen-bond donors (Lipinski definition) is 2. The molecule has 3 aromatic rings. The van der Waals surface area contributed by atoms with Gasteiger partial charge in [-0.3, -0.25) is 9.59 Å². The smallest absolute Gasteiger partial charge is 0.333 e. The molecule has 0 radical (unpaired) electrons. The molecule has 2 N–H and O–H groups in total. The molecular formula is C24H20F3N3O3. The number of halogens is 3. The van der Waals surface area contributed by atoms with E-state index < -0.39 is 40.6 Å². The third-order valence-corrected chi connectivity index (χ3v) is 6.64. The Morgan fingerprint density at radius 3 is 2.42 bits per heavy atom. The van der Waals surface area contributed by atoms with Crippen LogP contribution in [0.3, 0.4) is 0 Å². The van der Waals surface area contributed by atoms with E-state index in [0.29, 0.717) is 16.6 Å². The molecule has 1 atom stereocenters. The molecule has 3 fully saturated rings. The van der Waals surface area contributed by atoms with E-state index in [0.717, 1.165) is 37.5 Å². The van der Waals surface area contributed by atoms with Gasteiger partial charge in [0, 0.05) is 11.6 Å². The summed E-state index contributed by atoms with van der Waals surface area (Å²) in [6.07, 6.45) is 4.17. The summed E-state index contributed by atoms with van der Waals surface area (Å²) in [7, 11) is 0. The summed E-state index contributed by atoms with van der Waals surface area (Å²) >= 11 is 0. The highest BCUT2D eigenvalue weighted by molar-refractivity contribution is 6.14. The van der Waals surface area contributed by atoms with Crippen molar-refractivity contribution in [3.05, 3.63) is 86.3 Å². The fraction of sp³-hybridized carbons (Fsp3) is 0.292. The fourth-order valence-corrected chi connectivity index (χ4v) is 4.85. The van der Waals surface area contributed by atoms with Crippen LogP contribution in [-0.2, 0) is 4.79 Å². The van der Waals surface area contributed by atoms with Gasteiger partial charge in [-0.25, -0.2) is 22.5 Å². The van der Waals surface area contributed by atoms with Crippen LogP contribution in [0.5, 0.6) is 0 Å². The van der Waals surface area contributed by atoms with Gasteiger partial charge in [0.25, 0.3) is 11.5 Å². The number of hydrogen-bond acceptors (Lipinski definition) is 3. The van der Waals surface area contributed by atoms with Crippen LogP contribution < -0.4 is 16.6 Å². The average molecular weight is 455 g/mol. The van der Waals surface area contributed by atoms with E-state index in [-0.39, 0.29) is 27.6 Å². The molecule has 0 aliphatic heterocycles. The summed E-state index contributed by atoms with van der Waals surface area (Å²) in [5, 5.41) is 2.52. The second-order valence-electron chi connectivity index (χ2n) is 8.99. The van der Waals surface area contributed by atoms with Crippen molar-refractivity contribution < 1.29 is 18.0 Å². The molecular weight excluding hydrogens is 435 g/mol. The van der Waals surface area contributed by atoms with Crippen molar-refractivity contribution in [3.8, 4) is 0 Å². The molecule has 6 rings (SSSR count). The van der Waals surface area contributed by atoms with Crippen molar-refractivity contribution >= 4 is 22.5 Å². The summed E-state index contributed by atoms with van der Waals surface area (Å²) in [6, 6.07) is 5.53. The number of carbonyl (C=O) groups is 1. The number of fused-ring (bicyclic) bond motifs is 1. The lowest BCUT2D eigenvalue weighted by molar-refractivity contribution is -0.117. The molecule has 1 aromatic heterocycles. The zero-order valence-electron chi connectivity index (χ0n) is 17.6. The first-order valence-electron chi connectivity index (χ1n) is 10.6. The maximum Gasteiger partial charge on any atom is 0.333 e. The number of rotatable bonds is 5. The molecule has 3 aliphatic carbocycles. The van der Waals surface area contributed by atoms with Gasteiger partial charge < -0.3 is 10.3 Å². The Labute approximate surface area is 185 Å². The highest BCUT2D eigenvalue weighted by Gasteiger charge is 2.55. The highest BCUT2D eigenvalue weighted by Crippen LogP contribution is 2.65. The Bertz CT molecular complexity index is 1440. The molecule has 9 heteroatoms. The summed E-state index contributed by atoms with van der Waals surface area (Å²) in [6.45, 7) is 1.51. The first-order valence-corrected chi connectivity index (χ1v) is 10.6. The number of allylic oxidation sites excluding steroid dienone is 1. The minimum atomic E-state index is -0.873. The maximum absolute atomic E-state index is 14.2. The Hall–Kier alpha value is -3.62. The Morgan fingerprint density at radius 2 is 1.79 bits per heavy atom. The minimum Gasteiger partial charge on any atom is -0.344 e.